The van der Waals surface area contributed by atoms with Gasteiger partial charge in [-0.1, -0.05) is 31.5 Å². The summed E-state index contributed by atoms with van der Waals surface area (Å²) in [5.74, 6) is 0.728. The van der Waals surface area contributed by atoms with Crippen LogP contribution < -0.4 is 10.2 Å². The predicted molar refractivity (Wildman–Crippen MR) is 79.3 cm³/mol. The van der Waals surface area contributed by atoms with Crippen LogP contribution in [0.15, 0.2) is 24.3 Å². The fourth-order valence-corrected chi connectivity index (χ4v) is 2.77. The minimum Gasteiger partial charge on any atom is -0.371 e. The molecule has 0 spiro atoms. The number of hydrogen-bond acceptors (Lipinski definition) is 2. The number of aryl methyl sites for hydroxylation is 1. The van der Waals surface area contributed by atoms with E-state index in [1.165, 1.54) is 37.2 Å². The van der Waals surface area contributed by atoms with E-state index in [1.807, 2.05) is 0 Å². The standard InChI is InChI=1S/C16H26N2/c1-4-10-17-16-9-11-18(12-14(16)3)15-7-5-13(2)6-8-15/h5-8,14,16-17H,4,9-12H2,1-3H3. The van der Waals surface area contributed by atoms with E-state index in [9.17, 15) is 0 Å². The van der Waals surface area contributed by atoms with Gasteiger partial charge in [0.2, 0.25) is 0 Å². The first-order chi connectivity index (χ1) is 8.70. The molecule has 100 valence electrons. The van der Waals surface area contributed by atoms with Crippen molar-refractivity contribution in [1.82, 2.24) is 5.32 Å². The number of rotatable bonds is 4. The fourth-order valence-electron chi connectivity index (χ4n) is 2.77. The molecule has 1 heterocycles. The number of hydrogen-bond donors (Lipinski definition) is 1. The first kappa shape index (κ1) is 13.4. The topological polar surface area (TPSA) is 15.3 Å². The second kappa shape index (κ2) is 6.24. The Hall–Kier alpha value is -1.02. The minimum absolute atomic E-state index is 0.701. The van der Waals surface area contributed by atoms with Crippen LogP contribution in [0.1, 0.15) is 32.3 Å². The van der Waals surface area contributed by atoms with E-state index in [2.05, 4.69) is 55.3 Å². The summed E-state index contributed by atoms with van der Waals surface area (Å²) < 4.78 is 0. The van der Waals surface area contributed by atoms with E-state index in [4.69, 9.17) is 0 Å². The first-order valence-electron chi connectivity index (χ1n) is 7.25. The smallest absolute Gasteiger partial charge is 0.0366 e. The lowest BCUT2D eigenvalue weighted by Crippen LogP contribution is -2.48. The van der Waals surface area contributed by atoms with Gasteiger partial charge in [-0.3, -0.25) is 0 Å². The van der Waals surface area contributed by atoms with Crippen LogP contribution in [0.3, 0.4) is 0 Å². The highest BCUT2D eigenvalue weighted by atomic mass is 15.2. The van der Waals surface area contributed by atoms with E-state index in [0.29, 0.717) is 6.04 Å². The van der Waals surface area contributed by atoms with Gasteiger partial charge in [-0.2, -0.15) is 0 Å². The Kier molecular flexibility index (Phi) is 4.65. The molecule has 0 amide bonds. The van der Waals surface area contributed by atoms with Gasteiger partial charge < -0.3 is 10.2 Å². The number of nitrogens with zero attached hydrogens (tertiary/aromatic N) is 1. The monoisotopic (exact) mass is 246 g/mol. The van der Waals surface area contributed by atoms with Crippen LogP contribution in [-0.4, -0.2) is 25.7 Å². The van der Waals surface area contributed by atoms with Gasteiger partial charge in [-0.05, 0) is 44.4 Å². The molecule has 1 fully saturated rings. The van der Waals surface area contributed by atoms with E-state index in [1.54, 1.807) is 0 Å². The SMILES string of the molecule is CCCNC1CCN(c2ccc(C)cc2)CC1C. The molecule has 2 unspecified atom stereocenters. The number of anilines is 1. The van der Waals surface area contributed by atoms with Crippen LogP contribution >= 0.6 is 0 Å². The second-order valence-corrected chi connectivity index (χ2v) is 5.61. The molecule has 18 heavy (non-hydrogen) atoms. The van der Waals surface area contributed by atoms with Gasteiger partial charge in [0.25, 0.3) is 0 Å². The zero-order valence-corrected chi connectivity index (χ0v) is 11.9. The van der Waals surface area contributed by atoms with Gasteiger partial charge >= 0.3 is 0 Å². The van der Waals surface area contributed by atoms with Crippen molar-refractivity contribution < 1.29 is 0 Å². The molecule has 1 aromatic carbocycles. The van der Waals surface area contributed by atoms with Crippen molar-refractivity contribution in [2.24, 2.45) is 5.92 Å². The summed E-state index contributed by atoms with van der Waals surface area (Å²) in [6, 6.07) is 9.62. The van der Waals surface area contributed by atoms with Crippen molar-refractivity contribution in [3.8, 4) is 0 Å². The Morgan fingerprint density at radius 2 is 2.00 bits per heavy atom. The molecule has 2 heteroatoms. The van der Waals surface area contributed by atoms with Crippen molar-refractivity contribution in [2.75, 3.05) is 24.5 Å². The van der Waals surface area contributed by atoms with Crippen LogP contribution in [0.25, 0.3) is 0 Å². The van der Waals surface area contributed by atoms with E-state index >= 15 is 0 Å². The van der Waals surface area contributed by atoms with Crippen molar-refractivity contribution >= 4 is 5.69 Å². The molecule has 1 saturated heterocycles. The van der Waals surface area contributed by atoms with Crippen molar-refractivity contribution in [2.45, 2.75) is 39.7 Å². The molecular formula is C16H26N2. The normalized spacial score (nSPS) is 24.3. The molecule has 2 nitrogen and oxygen atoms in total. The van der Waals surface area contributed by atoms with Gasteiger partial charge in [0, 0.05) is 24.8 Å². The Bertz CT molecular complexity index is 358. The average molecular weight is 246 g/mol. The second-order valence-electron chi connectivity index (χ2n) is 5.61. The Labute approximate surface area is 111 Å². The average Bonchev–Trinajstić information content (AvgIpc) is 2.38. The van der Waals surface area contributed by atoms with Gasteiger partial charge in [-0.15, -0.1) is 0 Å². The van der Waals surface area contributed by atoms with Crippen molar-refractivity contribution in [3.05, 3.63) is 29.8 Å². The molecule has 0 bridgehead atoms. The molecule has 1 aromatic rings. The third-order valence-corrected chi connectivity index (χ3v) is 3.96. The highest BCUT2D eigenvalue weighted by Crippen LogP contribution is 2.23. The maximum Gasteiger partial charge on any atom is 0.0366 e. The highest BCUT2D eigenvalue weighted by molar-refractivity contribution is 5.48. The summed E-state index contributed by atoms with van der Waals surface area (Å²) in [6.07, 6.45) is 2.49. The van der Waals surface area contributed by atoms with E-state index in [0.717, 1.165) is 12.5 Å². The Morgan fingerprint density at radius 1 is 1.28 bits per heavy atom. The highest BCUT2D eigenvalue weighted by Gasteiger charge is 2.25. The lowest BCUT2D eigenvalue weighted by atomic mass is 9.93. The largest absolute Gasteiger partial charge is 0.371 e. The van der Waals surface area contributed by atoms with Gasteiger partial charge in [0.1, 0.15) is 0 Å². The predicted octanol–water partition coefficient (Wildman–Crippen LogP) is 3.21. The summed E-state index contributed by atoms with van der Waals surface area (Å²) in [5.41, 5.74) is 2.72. The molecule has 1 N–H and O–H groups in total. The molecule has 0 aliphatic carbocycles. The maximum absolute atomic E-state index is 3.68. The van der Waals surface area contributed by atoms with Gasteiger partial charge in [-0.25, -0.2) is 0 Å². The van der Waals surface area contributed by atoms with Gasteiger partial charge in [0.15, 0.2) is 0 Å². The molecule has 0 radical (unpaired) electrons. The summed E-state index contributed by atoms with van der Waals surface area (Å²) in [7, 11) is 0. The van der Waals surface area contributed by atoms with Crippen molar-refractivity contribution in [3.63, 3.8) is 0 Å². The lowest BCUT2D eigenvalue weighted by molar-refractivity contribution is 0.322. The van der Waals surface area contributed by atoms with Crippen LogP contribution in [0.5, 0.6) is 0 Å². The summed E-state index contributed by atoms with van der Waals surface area (Å²) in [4.78, 5) is 2.52. The quantitative estimate of drug-likeness (QED) is 0.877. The zero-order valence-electron chi connectivity index (χ0n) is 11.9. The fraction of sp³-hybridized carbons (Fsp3) is 0.625. The van der Waals surface area contributed by atoms with Crippen molar-refractivity contribution in [1.29, 1.82) is 0 Å². The molecule has 0 aromatic heterocycles. The zero-order chi connectivity index (χ0) is 13.0. The van der Waals surface area contributed by atoms with E-state index in [-0.39, 0.29) is 0 Å². The third kappa shape index (κ3) is 3.26. The summed E-state index contributed by atoms with van der Waals surface area (Å²) >= 11 is 0. The van der Waals surface area contributed by atoms with E-state index < -0.39 is 0 Å². The number of benzene rings is 1. The number of nitrogens with one attached hydrogen (secondary N) is 1. The molecule has 2 rings (SSSR count). The van der Waals surface area contributed by atoms with Crippen LogP contribution in [0.4, 0.5) is 5.69 Å². The molecule has 0 saturated carbocycles. The molecule has 2 atom stereocenters. The maximum atomic E-state index is 3.68. The van der Waals surface area contributed by atoms with Crippen LogP contribution in [0, 0.1) is 12.8 Å². The molecule has 1 aliphatic rings. The minimum atomic E-state index is 0.701. The summed E-state index contributed by atoms with van der Waals surface area (Å²) in [6.45, 7) is 10.2. The van der Waals surface area contributed by atoms with Gasteiger partial charge in [0.05, 0.1) is 0 Å². The molecule has 1 aliphatic heterocycles. The Balaban J connectivity index is 1.93. The third-order valence-electron chi connectivity index (χ3n) is 3.96. The summed E-state index contributed by atoms with van der Waals surface area (Å²) in [5, 5.41) is 3.68. The molecular weight excluding hydrogens is 220 g/mol. The van der Waals surface area contributed by atoms with Crippen LogP contribution in [0.2, 0.25) is 0 Å². The first-order valence-corrected chi connectivity index (χ1v) is 7.25. The van der Waals surface area contributed by atoms with Crippen LogP contribution in [-0.2, 0) is 0 Å². The number of piperidine rings is 1. The Morgan fingerprint density at radius 3 is 2.61 bits per heavy atom. The lowest BCUT2D eigenvalue weighted by Gasteiger charge is -2.38.